The molecule has 0 saturated carbocycles. The van der Waals surface area contributed by atoms with E-state index < -0.39 is 6.09 Å². The molecule has 0 saturated heterocycles. The van der Waals surface area contributed by atoms with Gasteiger partial charge in [0, 0.05) is 23.9 Å². The summed E-state index contributed by atoms with van der Waals surface area (Å²) < 4.78 is 4.93. The van der Waals surface area contributed by atoms with Crippen molar-refractivity contribution in [2.45, 2.75) is 45.9 Å². The minimum atomic E-state index is -0.444. The number of hydrogen-bond acceptors (Lipinski definition) is 4. The van der Waals surface area contributed by atoms with Gasteiger partial charge < -0.3 is 15.4 Å². The Bertz CT molecular complexity index is 532. The Morgan fingerprint density at radius 1 is 1.16 bits per heavy atom. The Kier molecular flexibility index (Phi) is 10.1. The number of amides is 2. The van der Waals surface area contributed by atoms with Gasteiger partial charge in [0.2, 0.25) is 0 Å². The lowest BCUT2D eigenvalue weighted by molar-refractivity contribution is 0.0944. The van der Waals surface area contributed by atoms with Crippen LogP contribution in [0.5, 0.6) is 0 Å². The molecule has 2 amide bonds. The van der Waals surface area contributed by atoms with Crippen LogP contribution in [0.15, 0.2) is 24.3 Å². The number of carbonyl (C=O) groups excluding carboxylic acids is 2. The number of thioether (sulfide) groups is 1. The van der Waals surface area contributed by atoms with Crippen LogP contribution in [-0.2, 0) is 10.5 Å². The average Bonchev–Trinajstić information content (AvgIpc) is 2.57. The average molecular weight is 367 g/mol. The van der Waals surface area contributed by atoms with Crippen LogP contribution in [0.3, 0.4) is 0 Å². The van der Waals surface area contributed by atoms with Crippen LogP contribution in [0, 0.1) is 5.92 Å². The van der Waals surface area contributed by atoms with E-state index in [-0.39, 0.29) is 11.9 Å². The minimum Gasteiger partial charge on any atom is -0.450 e. The van der Waals surface area contributed by atoms with E-state index in [4.69, 9.17) is 4.74 Å². The van der Waals surface area contributed by atoms with Gasteiger partial charge in [-0.25, -0.2) is 4.79 Å². The summed E-state index contributed by atoms with van der Waals surface area (Å²) in [6.07, 6.45) is 0.326. The number of rotatable bonds is 10. The molecule has 0 spiro atoms. The van der Waals surface area contributed by atoms with Crippen molar-refractivity contribution >= 4 is 23.8 Å². The van der Waals surface area contributed by atoms with Gasteiger partial charge in [-0.15, -0.1) is 0 Å². The predicted molar refractivity (Wildman–Crippen MR) is 104 cm³/mol. The molecule has 0 fully saturated rings. The van der Waals surface area contributed by atoms with Gasteiger partial charge in [-0.2, -0.15) is 11.8 Å². The molecule has 2 N–H and O–H groups in total. The van der Waals surface area contributed by atoms with E-state index in [0.29, 0.717) is 24.6 Å². The topological polar surface area (TPSA) is 67.4 Å². The van der Waals surface area contributed by atoms with Crippen molar-refractivity contribution in [2.24, 2.45) is 5.92 Å². The van der Waals surface area contributed by atoms with Crippen molar-refractivity contribution in [3.8, 4) is 0 Å². The van der Waals surface area contributed by atoms with E-state index in [1.165, 1.54) is 5.56 Å². The van der Waals surface area contributed by atoms with Gasteiger partial charge in [-0.05, 0) is 42.7 Å². The summed E-state index contributed by atoms with van der Waals surface area (Å²) in [5.74, 6) is 2.30. The Labute approximate surface area is 155 Å². The van der Waals surface area contributed by atoms with E-state index in [0.717, 1.165) is 17.9 Å². The Morgan fingerprint density at radius 3 is 2.40 bits per heavy atom. The normalized spacial score (nSPS) is 11.9. The molecule has 1 rings (SSSR count). The van der Waals surface area contributed by atoms with Crippen molar-refractivity contribution < 1.29 is 14.3 Å². The summed E-state index contributed by atoms with van der Waals surface area (Å²) in [5.41, 5.74) is 1.84. The zero-order valence-electron chi connectivity index (χ0n) is 15.6. The number of carbonyl (C=O) groups is 2. The zero-order chi connectivity index (χ0) is 18.7. The van der Waals surface area contributed by atoms with Gasteiger partial charge in [0.1, 0.15) is 0 Å². The maximum atomic E-state index is 12.3. The van der Waals surface area contributed by atoms with Gasteiger partial charge in [-0.1, -0.05) is 32.9 Å². The molecule has 1 unspecified atom stereocenters. The van der Waals surface area contributed by atoms with E-state index >= 15 is 0 Å². The maximum absolute atomic E-state index is 12.3. The number of ether oxygens (including phenoxy) is 1. The summed E-state index contributed by atoms with van der Waals surface area (Å²) in [5, 5.41) is 5.71. The third-order valence-corrected chi connectivity index (χ3v) is 4.50. The number of hydrogen-bond donors (Lipinski definition) is 2. The van der Waals surface area contributed by atoms with Crippen LogP contribution in [0.1, 0.15) is 50.0 Å². The number of alkyl carbamates (subject to hydrolysis) is 1. The quantitative estimate of drug-likeness (QED) is 0.660. The smallest absolute Gasteiger partial charge is 0.407 e. The van der Waals surface area contributed by atoms with Gasteiger partial charge in [-0.3, -0.25) is 4.79 Å². The third-order valence-electron chi connectivity index (χ3n) is 3.55. The van der Waals surface area contributed by atoms with Crippen LogP contribution < -0.4 is 10.6 Å². The molecule has 1 aromatic carbocycles. The van der Waals surface area contributed by atoms with Crippen molar-refractivity contribution in [2.75, 3.05) is 18.9 Å². The predicted octanol–water partition coefficient (Wildman–Crippen LogP) is 3.83. The van der Waals surface area contributed by atoms with Crippen molar-refractivity contribution in [3.05, 3.63) is 35.4 Å². The lowest BCUT2D eigenvalue weighted by atomic mass is 10.0. The Morgan fingerprint density at radius 2 is 1.84 bits per heavy atom. The van der Waals surface area contributed by atoms with E-state index in [1.54, 1.807) is 6.92 Å². The van der Waals surface area contributed by atoms with Crippen LogP contribution in [-0.4, -0.2) is 36.9 Å². The van der Waals surface area contributed by atoms with Crippen LogP contribution >= 0.6 is 11.8 Å². The highest BCUT2D eigenvalue weighted by atomic mass is 32.2. The highest BCUT2D eigenvalue weighted by Gasteiger charge is 2.16. The molecule has 0 aliphatic rings. The van der Waals surface area contributed by atoms with Crippen molar-refractivity contribution in [1.29, 1.82) is 0 Å². The standard InChI is InChI=1S/C19H30N2O3S/c1-5-24-19(23)21-17(11-14(3)4)12-20-18(22)16-9-7-15(8-10-16)13-25-6-2/h7-10,14,17H,5-6,11-13H2,1-4H3,(H,20,22)(H,21,23). The summed E-state index contributed by atoms with van der Waals surface area (Å²) in [6.45, 7) is 8.76. The SMILES string of the molecule is CCOC(=O)NC(CNC(=O)c1ccc(CSCC)cc1)CC(C)C. The molecule has 1 atom stereocenters. The number of benzene rings is 1. The lowest BCUT2D eigenvalue weighted by Crippen LogP contribution is -2.44. The second-order valence-electron chi connectivity index (χ2n) is 6.24. The van der Waals surface area contributed by atoms with Crippen molar-refractivity contribution in [1.82, 2.24) is 10.6 Å². The van der Waals surface area contributed by atoms with Crippen LogP contribution in [0.4, 0.5) is 4.79 Å². The molecule has 0 aliphatic carbocycles. The van der Waals surface area contributed by atoms with Gasteiger partial charge in [0.25, 0.3) is 5.91 Å². The molecule has 0 heterocycles. The van der Waals surface area contributed by atoms with Crippen molar-refractivity contribution in [3.63, 3.8) is 0 Å². The highest BCUT2D eigenvalue weighted by Crippen LogP contribution is 2.13. The second-order valence-corrected chi connectivity index (χ2v) is 7.51. The first kappa shape index (κ1) is 21.4. The Balaban J connectivity index is 2.56. The largest absolute Gasteiger partial charge is 0.450 e. The highest BCUT2D eigenvalue weighted by molar-refractivity contribution is 7.98. The summed E-state index contributed by atoms with van der Waals surface area (Å²) in [7, 11) is 0. The molecule has 25 heavy (non-hydrogen) atoms. The van der Waals surface area contributed by atoms with Crippen LogP contribution in [0.2, 0.25) is 0 Å². The molecular weight excluding hydrogens is 336 g/mol. The third kappa shape index (κ3) is 8.82. The fourth-order valence-electron chi connectivity index (χ4n) is 2.39. The molecule has 6 heteroatoms. The Hall–Kier alpha value is -1.69. The van der Waals surface area contributed by atoms with Gasteiger partial charge >= 0.3 is 6.09 Å². The summed E-state index contributed by atoms with van der Waals surface area (Å²) in [6, 6.07) is 7.51. The molecule has 0 bridgehead atoms. The summed E-state index contributed by atoms with van der Waals surface area (Å²) >= 11 is 1.85. The molecule has 0 aromatic heterocycles. The van der Waals surface area contributed by atoms with E-state index in [2.05, 4.69) is 31.4 Å². The van der Waals surface area contributed by atoms with E-state index in [1.807, 2.05) is 36.0 Å². The molecule has 5 nitrogen and oxygen atoms in total. The van der Waals surface area contributed by atoms with Gasteiger partial charge in [0.05, 0.1) is 6.61 Å². The number of nitrogens with one attached hydrogen (secondary N) is 2. The molecule has 140 valence electrons. The fraction of sp³-hybridized carbons (Fsp3) is 0.579. The fourth-order valence-corrected chi connectivity index (χ4v) is 3.02. The van der Waals surface area contributed by atoms with E-state index in [9.17, 15) is 9.59 Å². The first-order valence-electron chi connectivity index (χ1n) is 8.84. The summed E-state index contributed by atoms with van der Waals surface area (Å²) in [4.78, 5) is 23.9. The first-order chi connectivity index (χ1) is 12.0. The van der Waals surface area contributed by atoms with Gasteiger partial charge in [0.15, 0.2) is 0 Å². The molecule has 0 aliphatic heterocycles. The monoisotopic (exact) mass is 366 g/mol. The molecule has 0 radical (unpaired) electrons. The van der Waals surface area contributed by atoms with Crippen LogP contribution in [0.25, 0.3) is 0 Å². The zero-order valence-corrected chi connectivity index (χ0v) is 16.4. The second kappa shape index (κ2) is 11.8. The lowest BCUT2D eigenvalue weighted by Gasteiger charge is -2.20. The maximum Gasteiger partial charge on any atom is 0.407 e. The molecular formula is C19H30N2O3S. The molecule has 1 aromatic rings. The first-order valence-corrected chi connectivity index (χ1v) is 9.99. The minimum absolute atomic E-state index is 0.130.